The molecule has 8 heteroatoms. The van der Waals surface area contributed by atoms with Gasteiger partial charge in [0.15, 0.2) is 0 Å². The van der Waals surface area contributed by atoms with Crippen LogP contribution in [0.2, 0.25) is 0 Å². The predicted molar refractivity (Wildman–Crippen MR) is 77.4 cm³/mol. The van der Waals surface area contributed by atoms with Crippen LogP contribution in [0.4, 0.5) is 5.69 Å². The van der Waals surface area contributed by atoms with Gasteiger partial charge in [-0.25, -0.2) is 13.1 Å². The molecule has 0 radical (unpaired) electrons. The zero-order chi connectivity index (χ0) is 15.9. The molecule has 0 aliphatic rings. The number of carboxylic acid groups (broad SMARTS) is 1. The van der Waals surface area contributed by atoms with Crippen LogP contribution in [0.25, 0.3) is 0 Å². The summed E-state index contributed by atoms with van der Waals surface area (Å²) in [7, 11) is -3.62. The molecule has 116 valence electrons. The van der Waals surface area contributed by atoms with Crippen molar-refractivity contribution >= 4 is 27.6 Å². The first-order valence-electron chi connectivity index (χ1n) is 6.40. The Morgan fingerprint density at radius 2 is 1.76 bits per heavy atom. The molecule has 1 rings (SSSR count). The third-order valence-corrected chi connectivity index (χ3v) is 4.07. The lowest BCUT2D eigenvalue weighted by Crippen LogP contribution is -2.24. The monoisotopic (exact) mass is 314 g/mol. The summed E-state index contributed by atoms with van der Waals surface area (Å²) in [5.74, 6) is -1.13. The van der Waals surface area contributed by atoms with Gasteiger partial charge in [0, 0.05) is 25.6 Å². The number of carboxylic acids is 1. The maximum Gasteiger partial charge on any atom is 0.303 e. The number of rotatable bonds is 8. The van der Waals surface area contributed by atoms with Crippen LogP contribution in [0, 0.1) is 0 Å². The number of aliphatic carboxylic acids is 1. The third kappa shape index (κ3) is 6.37. The lowest BCUT2D eigenvalue weighted by Gasteiger charge is -2.07. The third-order valence-electron chi connectivity index (χ3n) is 2.59. The van der Waals surface area contributed by atoms with Crippen LogP contribution in [0.15, 0.2) is 29.2 Å². The molecule has 0 atom stereocenters. The molecule has 0 bridgehead atoms. The standard InChI is InChI=1S/C13H18N2O5S/c1-10(16)15-11-5-7-12(8-6-11)21(19,20)14-9-3-2-4-13(17)18/h5-8,14H,2-4,9H2,1H3,(H,15,16)(H,17,18). The predicted octanol–water partition coefficient (Wildman–Crippen LogP) is 1.18. The van der Waals surface area contributed by atoms with E-state index in [0.717, 1.165) is 0 Å². The minimum absolute atomic E-state index is 0.0210. The van der Waals surface area contributed by atoms with Crippen LogP contribution in [-0.4, -0.2) is 31.9 Å². The zero-order valence-corrected chi connectivity index (χ0v) is 12.4. The SMILES string of the molecule is CC(=O)Nc1ccc(S(=O)(=O)NCCCCC(=O)O)cc1. The summed E-state index contributed by atoms with van der Waals surface area (Å²) in [6.07, 6.45) is 0.891. The fourth-order valence-electron chi connectivity index (χ4n) is 1.61. The van der Waals surface area contributed by atoms with Gasteiger partial charge in [-0.05, 0) is 37.1 Å². The molecule has 0 aromatic heterocycles. The van der Waals surface area contributed by atoms with E-state index in [0.29, 0.717) is 18.5 Å². The molecule has 7 nitrogen and oxygen atoms in total. The molecule has 21 heavy (non-hydrogen) atoms. The van der Waals surface area contributed by atoms with Crippen molar-refractivity contribution in [2.75, 3.05) is 11.9 Å². The lowest BCUT2D eigenvalue weighted by atomic mass is 10.2. The fourth-order valence-corrected chi connectivity index (χ4v) is 2.69. The summed E-state index contributed by atoms with van der Waals surface area (Å²) in [5, 5.41) is 11.0. The quantitative estimate of drug-likeness (QED) is 0.624. The number of nitrogens with one attached hydrogen (secondary N) is 2. The van der Waals surface area contributed by atoms with E-state index in [2.05, 4.69) is 10.0 Å². The summed E-state index contributed by atoms with van der Waals surface area (Å²) < 4.78 is 26.3. The summed E-state index contributed by atoms with van der Waals surface area (Å²) in [6.45, 7) is 1.55. The summed E-state index contributed by atoms with van der Waals surface area (Å²) >= 11 is 0. The van der Waals surface area contributed by atoms with Crippen LogP contribution in [0.5, 0.6) is 0 Å². The van der Waals surface area contributed by atoms with E-state index in [1.165, 1.54) is 31.2 Å². The zero-order valence-electron chi connectivity index (χ0n) is 11.6. The molecule has 0 aliphatic heterocycles. The molecule has 0 fully saturated rings. The van der Waals surface area contributed by atoms with Gasteiger partial charge in [0.2, 0.25) is 15.9 Å². The highest BCUT2D eigenvalue weighted by Gasteiger charge is 2.13. The largest absolute Gasteiger partial charge is 0.481 e. The Kier molecular flexibility index (Phi) is 6.32. The van der Waals surface area contributed by atoms with Crippen molar-refractivity contribution in [1.29, 1.82) is 0 Å². The van der Waals surface area contributed by atoms with Gasteiger partial charge < -0.3 is 10.4 Å². The van der Waals surface area contributed by atoms with E-state index in [9.17, 15) is 18.0 Å². The average molecular weight is 314 g/mol. The van der Waals surface area contributed by atoms with Gasteiger partial charge in [-0.3, -0.25) is 9.59 Å². The van der Waals surface area contributed by atoms with Gasteiger partial charge in [-0.2, -0.15) is 0 Å². The highest BCUT2D eigenvalue weighted by Crippen LogP contribution is 2.14. The number of anilines is 1. The molecule has 0 spiro atoms. The number of hydrogen-bond acceptors (Lipinski definition) is 4. The Balaban J connectivity index is 2.54. The number of sulfonamides is 1. The molecule has 0 saturated carbocycles. The first-order chi connectivity index (χ1) is 9.81. The Labute approximate surface area is 123 Å². The lowest BCUT2D eigenvalue weighted by molar-refractivity contribution is -0.137. The molecule has 1 aromatic rings. The first kappa shape index (κ1) is 17.1. The molecule has 3 N–H and O–H groups in total. The maximum absolute atomic E-state index is 11.9. The minimum atomic E-state index is -3.62. The van der Waals surface area contributed by atoms with Crippen molar-refractivity contribution in [3.05, 3.63) is 24.3 Å². The highest BCUT2D eigenvalue weighted by atomic mass is 32.2. The number of benzene rings is 1. The maximum atomic E-state index is 11.9. The first-order valence-corrected chi connectivity index (χ1v) is 7.89. The molecular formula is C13H18N2O5S. The van der Waals surface area contributed by atoms with Gasteiger partial charge >= 0.3 is 5.97 Å². The van der Waals surface area contributed by atoms with Crippen LogP contribution in [-0.2, 0) is 19.6 Å². The van der Waals surface area contributed by atoms with E-state index < -0.39 is 16.0 Å². The summed E-state index contributed by atoms with van der Waals surface area (Å²) in [4.78, 5) is 21.3. The molecule has 1 aromatic carbocycles. The van der Waals surface area contributed by atoms with E-state index in [1.54, 1.807) is 0 Å². The van der Waals surface area contributed by atoms with E-state index in [4.69, 9.17) is 5.11 Å². The Morgan fingerprint density at radius 3 is 2.29 bits per heavy atom. The highest BCUT2D eigenvalue weighted by molar-refractivity contribution is 7.89. The molecule has 0 heterocycles. The van der Waals surface area contributed by atoms with Crippen LogP contribution < -0.4 is 10.0 Å². The van der Waals surface area contributed by atoms with Crippen molar-refractivity contribution in [2.24, 2.45) is 0 Å². The molecule has 0 aliphatic carbocycles. The number of hydrogen-bond donors (Lipinski definition) is 3. The van der Waals surface area contributed by atoms with Crippen LogP contribution >= 0.6 is 0 Å². The van der Waals surface area contributed by atoms with Crippen LogP contribution in [0.1, 0.15) is 26.2 Å². The number of amides is 1. The van der Waals surface area contributed by atoms with Crippen molar-refractivity contribution in [3.63, 3.8) is 0 Å². The van der Waals surface area contributed by atoms with Gasteiger partial charge in [-0.15, -0.1) is 0 Å². The second-order valence-electron chi connectivity index (χ2n) is 4.45. The van der Waals surface area contributed by atoms with E-state index in [-0.39, 0.29) is 23.8 Å². The second-order valence-corrected chi connectivity index (χ2v) is 6.22. The number of carbonyl (C=O) groups is 2. The van der Waals surface area contributed by atoms with Gasteiger partial charge in [0.05, 0.1) is 4.90 Å². The Hall–Kier alpha value is -1.93. The Bertz CT molecular complexity index is 595. The summed E-state index contributed by atoms with van der Waals surface area (Å²) in [5.41, 5.74) is 0.517. The van der Waals surface area contributed by atoms with Gasteiger partial charge in [-0.1, -0.05) is 0 Å². The number of carbonyl (C=O) groups excluding carboxylic acids is 1. The van der Waals surface area contributed by atoms with E-state index in [1.807, 2.05) is 0 Å². The Morgan fingerprint density at radius 1 is 1.14 bits per heavy atom. The molecule has 0 saturated heterocycles. The van der Waals surface area contributed by atoms with Crippen molar-refractivity contribution in [3.8, 4) is 0 Å². The van der Waals surface area contributed by atoms with Crippen molar-refractivity contribution in [1.82, 2.24) is 4.72 Å². The normalized spacial score (nSPS) is 11.1. The van der Waals surface area contributed by atoms with Gasteiger partial charge in [0.25, 0.3) is 0 Å². The molecule has 1 amide bonds. The second kappa shape index (κ2) is 7.75. The minimum Gasteiger partial charge on any atom is -0.481 e. The number of unbranched alkanes of at least 4 members (excludes halogenated alkanes) is 1. The molecule has 0 unspecified atom stereocenters. The van der Waals surface area contributed by atoms with Crippen molar-refractivity contribution < 1.29 is 23.1 Å². The van der Waals surface area contributed by atoms with Crippen molar-refractivity contribution in [2.45, 2.75) is 31.1 Å². The smallest absolute Gasteiger partial charge is 0.303 e. The van der Waals surface area contributed by atoms with Crippen LogP contribution in [0.3, 0.4) is 0 Å². The topological polar surface area (TPSA) is 113 Å². The fraction of sp³-hybridized carbons (Fsp3) is 0.385. The van der Waals surface area contributed by atoms with Gasteiger partial charge in [0.1, 0.15) is 0 Å². The summed E-state index contributed by atoms with van der Waals surface area (Å²) in [6, 6.07) is 5.79. The molecular weight excluding hydrogens is 296 g/mol. The van der Waals surface area contributed by atoms with E-state index >= 15 is 0 Å². The average Bonchev–Trinajstić information content (AvgIpc) is 2.37.